The number of benzene rings is 2. The molecule has 1 fully saturated rings. The average molecular weight is 412 g/mol. The quantitative estimate of drug-likeness (QED) is 0.578. The highest BCUT2D eigenvalue weighted by molar-refractivity contribution is 6.02. The van der Waals surface area contributed by atoms with Gasteiger partial charge in [0.15, 0.2) is 0 Å². The molecule has 2 aromatic rings. The summed E-state index contributed by atoms with van der Waals surface area (Å²) in [5, 5.41) is 7.83. The van der Waals surface area contributed by atoms with Crippen LogP contribution in [0, 0.1) is 5.82 Å². The van der Waals surface area contributed by atoms with Gasteiger partial charge in [-0.3, -0.25) is 19.3 Å². The fraction of sp³-hybridized carbons (Fsp3) is 0.238. The second-order valence-electron chi connectivity index (χ2n) is 6.75. The highest BCUT2D eigenvalue weighted by Gasteiger charge is 2.28. The van der Waals surface area contributed by atoms with Crippen molar-refractivity contribution < 1.29 is 23.6 Å². The second-order valence-corrected chi connectivity index (χ2v) is 6.75. The maximum atomic E-state index is 12.9. The molecule has 1 aliphatic heterocycles. The number of hydrogen-bond donors (Lipinski definition) is 3. The molecule has 3 N–H and O–H groups in total. The molecule has 0 atom stereocenters. The van der Waals surface area contributed by atoms with Crippen molar-refractivity contribution in [3.05, 3.63) is 59.9 Å². The van der Waals surface area contributed by atoms with Crippen LogP contribution in [0.3, 0.4) is 0 Å². The monoisotopic (exact) mass is 412 g/mol. The standard InChI is InChI=1S/C21H21FN4O4/c22-15-4-1-14(2-5-15)3-10-18(27)24-16-6-8-17(9-7-16)25-19(28)11-12-26-20(29)13-23-21(26)30/h1-2,4-9H,3,10-13H2,(H,23,30)(H,24,27)(H,25,28). The van der Waals surface area contributed by atoms with E-state index >= 15 is 0 Å². The molecule has 0 radical (unpaired) electrons. The van der Waals surface area contributed by atoms with Gasteiger partial charge in [0, 0.05) is 30.8 Å². The molecule has 1 aliphatic rings. The van der Waals surface area contributed by atoms with Crippen LogP contribution >= 0.6 is 0 Å². The van der Waals surface area contributed by atoms with Gasteiger partial charge in [-0.1, -0.05) is 12.1 Å². The number of nitrogens with one attached hydrogen (secondary N) is 3. The van der Waals surface area contributed by atoms with Crippen LogP contribution in [0.15, 0.2) is 48.5 Å². The van der Waals surface area contributed by atoms with Crippen LogP contribution in [0.1, 0.15) is 18.4 Å². The predicted octanol–water partition coefficient (Wildman–Crippen LogP) is 2.28. The zero-order valence-electron chi connectivity index (χ0n) is 16.1. The number of rotatable bonds is 8. The second kappa shape index (κ2) is 9.64. The lowest BCUT2D eigenvalue weighted by molar-refractivity contribution is -0.125. The molecule has 0 aliphatic carbocycles. The van der Waals surface area contributed by atoms with Gasteiger partial charge in [-0.2, -0.15) is 0 Å². The zero-order valence-corrected chi connectivity index (χ0v) is 16.1. The Morgan fingerprint density at radius 3 is 2.00 bits per heavy atom. The number of anilines is 2. The largest absolute Gasteiger partial charge is 0.329 e. The Morgan fingerprint density at radius 1 is 0.900 bits per heavy atom. The minimum absolute atomic E-state index is 0.0126. The normalized spacial score (nSPS) is 13.2. The lowest BCUT2D eigenvalue weighted by atomic mass is 10.1. The van der Waals surface area contributed by atoms with E-state index in [1.807, 2.05) is 0 Å². The number of aryl methyl sites for hydroxylation is 1. The van der Waals surface area contributed by atoms with Gasteiger partial charge >= 0.3 is 6.03 Å². The first-order valence-corrected chi connectivity index (χ1v) is 9.43. The van der Waals surface area contributed by atoms with E-state index in [4.69, 9.17) is 0 Å². The minimum Gasteiger partial charge on any atom is -0.329 e. The SMILES string of the molecule is O=C(CCc1ccc(F)cc1)Nc1ccc(NC(=O)CCN2C(=O)CNC2=O)cc1. The van der Waals surface area contributed by atoms with E-state index in [1.165, 1.54) is 12.1 Å². The number of hydrogen-bond acceptors (Lipinski definition) is 4. The third-order valence-electron chi connectivity index (χ3n) is 4.51. The van der Waals surface area contributed by atoms with E-state index in [0.717, 1.165) is 10.5 Å². The van der Waals surface area contributed by atoms with Gasteiger partial charge in [0.05, 0.1) is 6.54 Å². The lowest BCUT2D eigenvalue weighted by Gasteiger charge is -2.12. The van der Waals surface area contributed by atoms with Crippen molar-refractivity contribution >= 4 is 35.1 Å². The molecule has 0 unspecified atom stereocenters. The molecule has 0 spiro atoms. The van der Waals surface area contributed by atoms with Gasteiger partial charge in [-0.05, 0) is 48.4 Å². The summed E-state index contributed by atoms with van der Waals surface area (Å²) in [5.41, 5.74) is 1.98. The molecule has 8 nitrogen and oxygen atoms in total. The summed E-state index contributed by atoms with van der Waals surface area (Å²) in [6.07, 6.45) is 0.742. The summed E-state index contributed by atoms with van der Waals surface area (Å²) in [5.74, 6) is -1.18. The number of urea groups is 1. The Hall–Kier alpha value is -3.75. The first-order chi connectivity index (χ1) is 14.4. The summed E-state index contributed by atoms with van der Waals surface area (Å²) in [6.45, 7) is -0.0315. The first-order valence-electron chi connectivity index (χ1n) is 9.43. The van der Waals surface area contributed by atoms with Crippen molar-refractivity contribution in [2.24, 2.45) is 0 Å². The van der Waals surface area contributed by atoms with Crippen molar-refractivity contribution in [1.29, 1.82) is 0 Å². The summed E-state index contributed by atoms with van der Waals surface area (Å²) in [7, 11) is 0. The number of halogens is 1. The van der Waals surface area contributed by atoms with Gasteiger partial charge < -0.3 is 16.0 Å². The Balaban J connectivity index is 1.42. The number of carbonyl (C=O) groups excluding carboxylic acids is 4. The van der Waals surface area contributed by atoms with Crippen LogP contribution in [0.4, 0.5) is 20.6 Å². The molecular weight excluding hydrogens is 391 g/mol. The summed E-state index contributed by atoms with van der Waals surface area (Å²) in [6, 6.07) is 12.1. The van der Waals surface area contributed by atoms with Crippen LogP contribution in [-0.2, 0) is 20.8 Å². The lowest BCUT2D eigenvalue weighted by Crippen LogP contribution is -2.33. The van der Waals surface area contributed by atoms with Crippen molar-refractivity contribution in [3.63, 3.8) is 0 Å². The van der Waals surface area contributed by atoms with E-state index in [9.17, 15) is 23.6 Å². The molecule has 5 amide bonds. The number of carbonyl (C=O) groups is 4. The molecule has 0 saturated carbocycles. The Labute approximate surface area is 172 Å². The van der Waals surface area contributed by atoms with E-state index in [0.29, 0.717) is 17.8 Å². The molecule has 30 heavy (non-hydrogen) atoms. The van der Waals surface area contributed by atoms with Crippen LogP contribution in [0.5, 0.6) is 0 Å². The first kappa shape index (κ1) is 21.0. The fourth-order valence-electron chi connectivity index (χ4n) is 2.89. The molecule has 1 heterocycles. The minimum atomic E-state index is -0.493. The zero-order chi connectivity index (χ0) is 21.5. The van der Waals surface area contributed by atoms with E-state index in [2.05, 4.69) is 16.0 Å². The van der Waals surface area contributed by atoms with Crippen molar-refractivity contribution in [3.8, 4) is 0 Å². The van der Waals surface area contributed by atoms with Gasteiger partial charge in [-0.15, -0.1) is 0 Å². The van der Waals surface area contributed by atoms with Crippen molar-refractivity contribution in [2.45, 2.75) is 19.3 Å². The molecule has 0 aromatic heterocycles. The van der Waals surface area contributed by atoms with Gasteiger partial charge in [-0.25, -0.2) is 9.18 Å². The predicted molar refractivity (Wildman–Crippen MR) is 108 cm³/mol. The summed E-state index contributed by atoms with van der Waals surface area (Å²) in [4.78, 5) is 48.0. The van der Waals surface area contributed by atoms with Crippen LogP contribution < -0.4 is 16.0 Å². The Bertz CT molecular complexity index is 928. The number of nitrogens with zero attached hydrogens (tertiary/aromatic N) is 1. The topological polar surface area (TPSA) is 108 Å². The molecule has 9 heteroatoms. The summed E-state index contributed by atoms with van der Waals surface area (Å²) < 4.78 is 12.9. The van der Waals surface area contributed by atoms with Gasteiger partial charge in [0.2, 0.25) is 17.7 Å². The van der Waals surface area contributed by atoms with Crippen LogP contribution in [0.2, 0.25) is 0 Å². The van der Waals surface area contributed by atoms with Crippen LogP contribution in [0.25, 0.3) is 0 Å². The van der Waals surface area contributed by atoms with Gasteiger partial charge in [0.1, 0.15) is 5.82 Å². The molecule has 156 valence electrons. The maximum Gasteiger partial charge on any atom is 0.324 e. The maximum absolute atomic E-state index is 12.9. The molecule has 2 aromatic carbocycles. The van der Waals surface area contributed by atoms with E-state index in [1.54, 1.807) is 36.4 Å². The van der Waals surface area contributed by atoms with Crippen molar-refractivity contribution in [2.75, 3.05) is 23.7 Å². The Morgan fingerprint density at radius 2 is 1.47 bits per heavy atom. The molecule has 1 saturated heterocycles. The smallest absolute Gasteiger partial charge is 0.324 e. The van der Waals surface area contributed by atoms with E-state index in [-0.39, 0.29) is 49.5 Å². The highest BCUT2D eigenvalue weighted by Crippen LogP contribution is 2.15. The van der Waals surface area contributed by atoms with Crippen LogP contribution in [-0.4, -0.2) is 41.7 Å². The number of imide groups is 1. The van der Waals surface area contributed by atoms with Crippen molar-refractivity contribution in [1.82, 2.24) is 10.2 Å². The molecule has 0 bridgehead atoms. The van der Waals surface area contributed by atoms with Gasteiger partial charge in [0.25, 0.3) is 0 Å². The number of amides is 5. The average Bonchev–Trinajstić information content (AvgIpc) is 3.05. The fourth-order valence-corrected chi connectivity index (χ4v) is 2.89. The molecule has 3 rings (SSSR count). The summed E-state index contributed by atoms with van der Waals surface area (Å²) >= 11 is 0. The third kappa shape index (κ3) is 5.87. The van der Waals surface area contributed by atoms with E-state index < -0.39 is 6.03 Å². The molecular formula is C21H21FN4O4. The Kier molecular flexibility index (Phi) is 6.74. The third-order valence-corrected chi connectivity index (χ3v) is 4.51. The highest BCUT2D eigenvalue weighted by atomic mass is 19.1.